The Hall–Kier alpha value is -2.05. The van der Waals surface area contributed by atoms with E-state index in [0.717, 1.165) is 16.5 Å². The molecule has 2 aromatic heterocycles. The molecule has 2 aromatic rings. The van der Waals surface area contributed by atoms with Gasteiger partial charge in [-0.25, -0.2) is 4.98 Å². The Balaban J connectivity index is 2.23. The van der Waals surface area contributed by atoms with Crippen LogP contribution in [0.25, 0.3) is 0 Å². The smallest absolute Gasteiger partial charge is 0.333 e. The topological polar surface area (TPSA) is 39.8 Å². The molecule has 0 bridgehead atoms. The zero-order valence-corrected chi connectivity index (χ0v) is 10.2. The number of hydrogen-bond donors (Lipinski definition) is 0. The van der Waals surface area contributed by atoms with Crippen LogP contribution in [0.3, 0.4) is 0 Å². The summed E-state index contributed by atoms with van der Waals surface area (Å²) >= 11 is 0. The average Bonchev–Trinajstić information content (AvgIpc) is 2.72. The van der Waals surface area contributed by atoms with Crippen LogP contribution in [-0.2, 0) is 19.3 Å². The fraction of sp³-hybridized carbons (Fsp3) is 0.333. The van der Waals surface area contributed by atoms with Crippen LogP contribution in [0.1, 0.15) is 11.4 Å². The molecular formula is C12H12F3N3O. The molecule has 4 nitrogen and oxygen atoms in total. The average molecular weight is 271 g/mol. The van der Waals surface area contributed by atoms with Crippen molar-refractivity contribution < 1.29 is 13.2 Å². The van der Waals surface area contributed by atoms with E-state index in [1.54, 1.807) is 23.9 Å². The van der Waals surface area contributed by atoms with E-state index in [1.807, 2.05) is 0 Å². The minimum absolute atomic E-state index is 0.167. The first-order valence-electron chi connectivity index (χ1n) is 5.64. The molecule has 0 radical (unpaired) electrons. The molecule has 0 aromatic carbocycles. The first kappa shape index (κ1) is 13.4. The lowest BCUT2D eigenvalue weighted by atomic mass is 10.2. The van der Waals surface area contributed by atoms with Gasteiger partial charge in [-0.1, -0.05) is 0 Å². The van der Waals surface area contributed by atoms with Gasteiger partial charge in [0.1, 0.15) is 11.4 Å². The Labute approximate surface area is 107 Å². The lowest BCUT2D eigenvalue weighted by molar-refractivity contribution is -0.139. The summed E-state index contributed by atoms with van der Waals surface area (Å²) in [5.41, 5.74) is -2.16. The van der Waals surface area contributed by atoms with E-state index in [2.05, 4.69) is 4.98 Å². The fourth-order valence-electron chi connectivity index (χ4n) is 1.78. The molecule has 102 valence electrons. The molecular weight excluding hydrogens is 259 g/mol. The van der Waals surface area contributed by atoms with Crippen LogP contribution in [0.15, 0.2) is 35.5 Å². The third-order valence-corrected chi connectivity index (χ3v) is 2.83. The Kier molecular flexibility index (Phi) is 3.46. The van der Waals surface area contributed by atoms with Crippen LogP contribution in [0, 0.1) is 6.92 Å². The molecule has 0 amide bonds. The van der Waals surface area contributed by atoms with E-state index in [-0.39, 0.29) is 6.54 Å². The zero-order chi connectivity index (χ0) is 14.0. The van der Waals surface area contributed by atoms with Crippen molar-refractivity contribution >= 4 is 0 Å². The van der Waals surface area contributed by atoms with Gasteiger partial charge in [-0.15, -0.1) is 0 Å². The summed E-state index contributed by atoms with van der Waals surface area (Å²) in [5, 5.41) is 0. The summed E-state index contributed by atoms with van der Waals surface area (Å²) in [4.78, 5) is 15.7. The van der Waals surface area contributed by atoms with Crippen molar-refractivity contribution in [1.82, 2.24) is 14.1 Å². The molecule has 0 unspecified atom stereocenters. The predicted octanol–water partition coefficient (Wildman–Crippen LogP) is 2.07. The van der Waals surface area contributed by atoms with Crippen LogP contribution in [0.5, 0.6) is 0 Å². The number of nitrogens with zero attached hydrogens (tertiary/aromatic N) is 3. The molecule has 0 aliphatic carbocycles. The van der Waals surface area contributed by atoms with Gasteiger partial charge >= 0.3 is 6.18 Å². The van der Waals surface area contributed by atoms with Crippen molar-refractivity contribution in [2.45, 2.75) is 26.2 Å². The van der Waals surface area contributed by atoms with E-state index in [4.69, 9.17) is 0 Å². The summed E-state index contributed by atoms with van der Waals surface area (Å²) in [6.45, 7) is 2.35. The number of rotatable bonds is 3. The highest BCUT2D eigenvalue weighted by Crippen LogP contribution is 2.25. The summed E-state index contributed by atoms with van der Waals surface area (Å²) < 4.78 is 40.6. The molecule has 2 rings (SSSR count). The predicted molar refractivity (Wildman–Crippen MR) is 62.7 cm³/mol. The molecule has 0 atom stereocenters. The van der Waals surface area contributed by atoms with E-state index in [1.165, 1.54) is 12.3 Å². The highest BCUT2D eigenvalue weighted by molar-refractivity contribution is 5.13. The molecule has 0 fully saturated rings. The third kappa shape index (κ3) is 2.86. The number of hydrogen-bond acceptors (Lipinski definition) is 2. The van der Waals surface area contributed by atoms with Gasteiger partial charge in [0.25, 0.3) is 5.56 Å². The van der Waals surface area contributed by atoms with Gasteiger partial charge in [0, 0.05) is 31.7 Å². The standard InChI is InChI=1S/C12H12F3N3O/c1-9-16-4-6-17(9)7-8-18-5-2-3-10(11(18)19)12(13,14)15/h2-6H,7-8H2,1H3. The fourth-order valence-corrected chi connectivity index (χ4v) is 1.78. The van der Waals surface area contributed by atoms with Gasteiger partial charge in [0.05, 0.1) is 0 Å². The Morgan fingerprint density at radius 2 is 1.89 bits per heavy atom. The third-order valence-electron chi connectivity index (χ3n) is 2.83. The normalized spacial score (nSPS) is 11.8. The molecule has 0 aliphatic rings. The van der Waals surface area contributed by atoms with Crippen LogP contribution in [0.2, 0.25) is 0 Å². The largest absolute Gasteiger partial charge is 0.421 e. The van der Waals surface area contributed by atoms with Crippen molar-refractivity contribution in [3.8, 4) is 0 Å². The molecule has 19 heavy (non-hydrogen) atoms. The summed E-state index contributed by atoms with van der Waals surface area (Å²) in [6.07, 6.45) is 0.0487. The van der Waals surface area contributed by atoms with Gasteiger partial charge < -0.3 is 9.13 Å². The van der Waals surface area contributed by atoms with Crippen LogP contribution in [-0.4, -0.2) is 14.1 Å². The van der Waals surface area contributed by atoms with Gasteiger partial charge in [-0.05, 0) is 19.1 Å². The van der Waals surface area contributed by atoms with Crippen molar-refractivity contribution in [2.75, 3.05) is 0 Å². The molecule has 2 heterocycles. The van der Waals surface area contributed by atoms with Crippen molar-refractivity contribution in [3.05, 3.63) is 52.5 Å². The molecule has 0 saturated heterocycles. The van der Waals surface area contributed by atoms with Crippen molar-refractivity contribution in [3.63, 3.8) is 0 Å². The monoisotopic (exact) mass is 271 g/mol. The van der Waals surface area contributed by atoms with Gasteiger partial charge in [0.15, 0.2) is 0 Å². The number of aromatic nitrogens is 3. The molecule has 0 N–H and O–H groups in total. The van der Waals surface area contributed by atoms with Crippen LogP contribution < -0.4 is 5.56 Å². The van der Waals surface area contributed by atoms with Gasteiger partial charge in [0.2, 0.25) is 0 Å². The minimum Gasteiger partial charge on any atom is -0.333 e. The Bertz CT molecular complexity index is 628. The quantitative estimate of drug-likeness (QED) is 0.857. The van der Waals surface area contributed by atoms with E-state index < -0.39 is 17.3 Å². The van der Waals surface area contributed by atoms with Gasteiger partial charge in [-0.2, -0.15) is 13.2 Å². The number of halogens is 3. The maximum Gasteiger partial charge on any atom is 0.421 e. The number of imidazole rings is 1. The van der Waals surface area contributed by atoms with E-state index in [0.29, 0.717) is 6.54 Å². The molecule has 0 spiro atoms. The van der Waals surface area contributed by atoms with Crippen LogP contribution >= 0.6 is 0 Å². The highest BCUT2D eigenvalue weighted by Gasteiger charge is 2.34. The Morgan fingerprint density at radius 1 is 1.21 bits per heavy atom. The lowest BCUT2D eigenvalue weighted by Gasteiger charge is -2.11. The van der Waals surface area contributed by atoms with Crippen molar-refractivity contribution in [2.24, 2.45) is 0 Å². The van der Waals surface area contributed by atoms with E-state index >= 15 is 0 Å². The summed E-state index contributed by atoms with van der Waals surface area (Å²) in [7, 11) is 0. The summed E-state index contributed by atoms with van der Waals surface area (Å²) in [5.74, 6) is 0.750. The Morgan fingerprint density at radius 3 is 2.47 bits per heavy atom. The molecule has 7 heteroatoms. The number of pyridine rings is 1. The maximum atomic E-state index is 12.6. The van der Waals surface area contributed by atoms with Gasteiger partial charge in [-0.3, -0.25) is 4.79 Å². The second kappa shape index (κ2) is 4.91. The van der Waals surface area contributed by atoms with Crippen LogP contribution in [0.4, 0.5) is 13.2 Å². The second-order valence-electron chi connectivity index (χ2n) is 4.09. The zero-order valence-electron chi connectivity index (χ0n) is 10.2. The summed E-state index contributed by atoms with van der Waals surface area (Å²) in [6, 6.07) is 2.02. The first-order chi connectivity index (χ1) is 8.89. The van der Waals surface area contributed by atoms with E-state index in [9.17, 15) is 18.0 Å². The minimum atomic E-state index is -4.62. The second-order valence-corrected chi connectivity index (χ2v) is 4.09. The van der Waals surface area contributed by atoms with Crippen molar-refractivity contribution in [1.29, 1.82) is 0 Å². The SMILES string of the molecule is Cc1nccn1CCn1cccc(C(F)(F)F)c1=O. The maximum absolute atomic E-state index is 12.6. The highest BCUT2D eigenvalue weighted by atomic mass is 19.4. The molecule has 0 saturated carbocycles. The first-order valence-corrected chi connectivity index (χ1v) is 5.64. The number of alkyl halides is 3. The number of aryl methyl sites for hydroxylation is 3. The lowest BCUT2D eigenvalue weighted by Crippen LogP contribution is -2.29. The molecule has 0 aliphatic heterocycles.